The first-order chi connectivity index (χ1) is 9.60. The molecule has 0 spiro atoms. The van der Waals surface area contributed by atoms with Crippen molar-refractivity contribution in [3.8, 4) is 0 Å². The SMILES string of the molecule is CN(Cc1ccc(Br)cc1)Cc1cccc(CN)c1F. The van der Waals surface area contributed by atoms with Crippen molar-refractivity contribution in [1.82, 2.24) is 4.90 Å². The molecule has 0 saturated carbocycles. The maximum Gasteiger partial charge on any atom is 0.132 e. The van der Waals surface area contributed by atoms with Gasteiger partial charge in [0.2, 0.25) is 0 Å². The highest BCUT2D eigenvalue weighted by molar-refractivity contribution is 9.10. The molecule has 2 N–H and O–H groups in total. The maximum atomic E-state index is 14.1. The second-order valence-corrected chi connectivity index (χ2v) is 5.81. The Bertz CT molecular complexity index is 569. The standard InChI is InChI=1S/C16H18BrFN2/c1-20(10-12-5-7-15(17)8-6-12)11-14-4-2-3-13(9-19)16(14)18/h2-8H,9-11,19H2,1H3. The van der Waals surface area contributed by atoms with E-state index in [9.17, 15) is 4.39 Å². The molecule has 0 saturated heterocycles. The lowest BCUT2D eigenvalue weighted by Gasteiger charge is -2.18. The maximum absolute atomic E-state index is 14.1. The molecule has 0 heterocycles. The van der Waals surface area contributed by atoms with Gasteiger partial charge >= 0.3 is 0 Å². The van der Waals surface area contributed by atoms with Crippen molar-refractivity contribution in [2.75, 3.05) is 7.05 Å². The second-order valence-electron chi connectivity index (χ2n) is 4.89. The van der Waals surface area contributed by atoms with Crippen LogP contribution in [0.4, 0.5) is 4.39 Å². The number of rotatable bonds is 5. The summed E-state index contributed by atoms with van der Waals surface area (Å²) in [5.74, 6) is -0.183. The van der Waals surface area contributed by atoms with E-state index in [2.05, 4.69) is 33.0 Å². The molecule has 0 aliphatic carbocycles. The summed E-state index contributed by atoms with van der Waals surface area (Å²) in [7, 11) is 1.98. The van der Waals surface area contributed by atoms with Crippen molar-refractivity contribution in [3.63, 3.8) is 0 Å². The molecule has 0 amide bonds. The van der Waals surface area contributed by atoms with Crippen molar-refractivity contribution in [3.05, 3.63) is 69.4 Å². The molecule has 0 fully saturated rings. The van der Waals surface area contributed by atoms with E-state index in [1.54, 1.807) is 6.07 Å². The van der Waals surface area contributed by atoms with Crippen LogP contribution >= 0.6 is 15.9 Å². The van der Waals surface area contributed by atoms with Crippen LogP contribution in [0.5, 0.6) is 0 Å². The number of hydrogen-bond acceptors (Lipinski definition) is 2. The van der Waals surface area contributed by atoms with E-state index in [1.807, 2.05) is 31.3 Å². The van der Waals surface area contributed by atoms with Crippen molar-refractivity contribution in [1.29, 1.82) is 0 Å². The van der Waals surface area contributed by atoms with Gasteiger partial charge in [0.15, 0.2) is 0 Å². The van der Waals surface area contributed by atoms with Gasteiger partial charge in [0, 0.05) is 35.2 Å². The largest absolute Gasteiger partial charge is 0.326 e. The molecule has 2 rings (SSSR count). The molecular formula is C16H18BrFN2. The molecule has 0 aliphatic heterocycles. The minimum atomic E-state index is -0.183. The molecule has 0 aliphatic rings. The molecule has 0 bridgehead atoms. The van der Waals surface area contributed by atoms with Crippen LogP contribution in [-0.2, 0) is 19.6 Å². The predicted molar refractivity (Wildman–Crippen MR) is 83.6 cm³/mol. The first-order valence-electron chi connectivity index (χ1n) is 6.49. The average molecular weight is 337 g/mol. The van der Waals surface area contributed by atoms with Gasteiger partial charge in [-0.2, -0.15) is 0 Å². The quantitative estimate of drug-likeness (QED) is 0.902. The molecule has 20 heavy (non-hydrogen) atoms. The number of nitrogens with zero attached hydrogens (tertiary/aromatic N) is 1. The van der Waals surface area contributed by atoms with Gasteiger partial charge in [-0.15, -0.1) is 0 Å². The van der Waals surface area contributed by atoms with Crippen molar-refractivity contribution in [2.24, 2.45) is 5.73 Å². The lowest BCUT2D eigenvalue weighted by molar-refractivity contribution is 0.313. The summed E-state index contributed by atoms with van der Waals surface area (Å²) in [6.45, 7) is 1.57. The van der Waals surface area contributed by atoms with Crippen LogP contribution in [0.2, 0.25) is 0 Å². The van der Waals surface area contributed by atoms with Gasteiger partial charge in [-0.25, -0.2) is 4.39 Å². The summed E-state index contributed by atoms with van der Waals surface area (Å²) >= 11 is 3.42. The Morgan fingerprint density at radius 1 is 1.05 bits per heavy atom. The Hall–Kier alpha value is -1.23. The summed E-state index contributed by atoms with van der Waals surface area (Å²) in [4.78, 5) is 2.09. The first kappa shape index (κ1) is 15.2. The zero-order valence-electron chi connectivity index (χ0n) is 11.4. The molecule has 2 aromatic carbocycles. The predicted octanol–water partition coefficient (Wildman–Crippen LogP) is 3.68. The van der Waals surface area contributed by atoms with Crippen LogP contribution in [0.1, 0.15) is 16.7 Å². The van der Waals surface area contributed by atoms with Gasteiger partial charge in [-0.05, 0) is 24.7 Å². The van der Waals surface area contributed by atoms with Crippen LogP contribution in [0.15, 0.2) is 46.9 Å². The van der Waals surface area contributed by atoms with Crippen molar-refractivity contribution < 1.29 is 4.39 Å². The van der Waals surface area contributed by atoms with Gasteiger partial charge in [-0.1, -0.05) is 46.3 Å². The van der Waals surface area contributed by atoms with Crippen LogP contribution in [-0.4, -0.2) is 11.9 Å². The molecule has 2 nitrogen and oxygen atoms in total. The third-order valence-electron chi connectivity index (χ3n) is 3.18. The van der Waals surface area contributed by atoms with Crippen molar-refractivity contribution in [2.45, 2.75) is 19.6 Å². The Morgan fingerprint density at radius 3 is 2.35 bits per heavy atom. The average Bonchev–Trinajstić information content (AvgIpc) is 2.44. The van der Waals surface area contributed by atoms with E-state index in [-0.39, 0.29) is 12.4 Å². The van der Waals surface area contributed by atoms with E-state index in [0.717, 1.165) is 11.0 Å². The lowest BCUT2D eigenvalue weighted by atomic mass is 10.1. The number of hydrogen-bond donors (Lipinski definition) is 1. The van der Waals surface area contributed by atoms with E-state index in [1.165, 1.54) is 5.56 Å². The molecule has 106 valence electrons. The van der Waals surface area contributed by atoms with E-state index < -0.39 is 0 Å². The highest BCUT2D eigenvalue weighted by atomic mass is 79.9. The molecule has 0 atom stereocenters. The highest BCUT2D eigenvalue weighted by Gasteiger charge is 2.09. The first-order valence-corrected chi connectivity index (χ1v) is 7.28. The Labute approximate surface area is 127 Å². The number of nitrogens with two attached hydrogens (primary N) is 1. The van der Waals surface area contributed by atoms with Gasteiger partial charge < -0.3 is 5.73 Å². The van der Waals surface area contributed by atoms with Gasteiger partial charge in [-0.3, -0.25) is 4.90 Å². The zero-order chi connectivity index (χ0) is 14.5. The highest BCUT2D eigenvalue weighted by Crippen LogP contribution is 2.16. The Morgan fingerprint density at radius 2 is 1.70 bits per heavy atom. The van der Waals surface area contributed by atoms with Gasteiger partial charge in [0.25, 0.3) is 0 Å². The van der Waals surface area contributed by atoms with Gasteiger partial charge in [0.1, 0.15) is 5.82 Å². The molecular weight excluding hydrogens is 319 g/mol. The molecule has 0 unspecified atom stereocenters. The summed E-state index contributed by atoms with van der Waals surface area (Å²) < 4.78 is 15.2. The fourth-order valence-electron chi connectivity index (χ4n) is 2.16. The summed E-state index contributed by atoms with van der Waals surface area (Å²) in [6.07, 6.45) is 0. The topological polar surface area (TPSA) is 29.3 Å². The van der Waals surface area contributed by atoms with Crippen LogP contribution in [0, 0.1) is 5.82 Å². The Kier molecular flexibility index (Phi) is 5.29. The minimum absolute atomic E-state index is 0.183. The third-order valence-corrected chi connectivity index (χ3v) is 3.71. The van der Waals surface area contributed by atoms with E-state index in [0.29, 0.717) is 17.7 Å². The molecule has 0 radical (unpaired) electrons. The van der Waals surface area contributed by atoms with Crippen LogP contribution < -0.4 is 5.73 Å². The number of halogens is 2. The van der Waals surface area contributed by atoms with Gasteiger partial charge in [0.05, 0.1) is 0 Å². The minimum Gasteiger partial charge on any atom is -0.326 e. The molecule has 0 aromatic heterocycles. The summed E-state index contributed by atoms with van der Waals surface area (Å²) in [5, 5.41) is 0. The molecule has 4 heteroatoms. The summed E-state index contributed by atoms with van der Waals surface area (Å²) in [5.41, 5.74) is 7.99. The fraction of sp³-hybridized carbons (Fsp3) is 0.250. The van der Waals surface area contributed by atoms with Crippen LogP contribution in [0.3, 0.4) is 0 Å². The second kappa shape index (κ2) is 6.97. The monoisotopic (exact) mass is 336 g/mol. The van der Waals surface area contributed by atoms with Crippen LogP contribution in [0.25, 0.3) is 0 Å². The molecule has 2 aromatic rings. The lowest BCUT2D eigenvalue weighted by Crippen LogP contribution is -2.18. The number of benzene rings is 2. The van der Waals surface area contributed by atoms with E-state index in [4.69, 9.17) is 5.73 Å². The van der Waals surface area contributed by atoms with E-state index >= 15 is 0 Å². The smallest absolute Gasteiger partial charge is 0.132 e. The van der Waals surface area contributed by atoms with Crippen molar-refractivity contribution >= 4 is 15.9 Å². The zero-order valence-corrected chi connectivity index (χ0v) is 13.0. The third kappa shape index (κ3) is 3.88. The Balaban J connectivity index is 2.04. The fourth-order valence-corrected chi connectivity index (χ4v) is 2.43. The normalized spacial score (nSPS) is 11.1. The summed E-state index contributed by atoms with van der Waals surface area (Å²) in [6, 6.07) is 13.5.